The average Bonchev–Trinajstić information content (AvgIpc) is 3.22. The van der Waals surface area contributed by atoms with Crippen molar-refractivity contribution in [2.45, 2.75) is 32.0 Å². The molecule has 0 aliphatic rings. The molecule has 174 valence electrons. The fraction of sp³-hybridized carbons (Fsp3) is 0.304. The van der Waals surface area contributed by atoms with E-state index in [0.29, 0.717) is 16.1 Å². The molecule has 10 heteroatoms. The van der Waals surface area contributed by atoms with Gasteiger partial charge in [0, 0.05) is 5.69 Å². The summed E-state index contributed by atoms with van der Waals surface area (Å²) in [6.45, 7) is 8.31. The molecular formula is C23H27N5O3S2. The van der Waals surface area contributed by atoms with E-state index in [2.05, 4.69) is 26.1 Å². The maximum atomic E-state index is 12.3. The van der Waals surface area contributed by atoms with Crippen molar-refractivity contribution in [1.82, 2.24) is 15.5 Å². The molecule has 1 heterocycles. The number of rotatable bonds is 10. The second-order valence-electron chi connectivity index (χ2n) is 7.31. The Morgan fingerprint density at radius 1 is 1.06 bits per heavy atom. The second kappa shape index (κ2) is 11.7. The van der Waals surface area contributed by atoms with Crippen molar-refractivity contribution in [2.24, 2.45) is 0 Å². The number of hydrogen-bond donors (Lipinski definition) is 3. The smallest absolute Gasteiger partial charge is 0.243 e. The number of ether oxygens (including phenoxy) is 1. The average molecular weight is 486 g/mol. The van der Waals surface area contributed by atoms with Crippen LogP contribution in [0.15, 0.2) is 40.7 Å². The van der Waals surface area contributed by atoms with Crippen LogP contribution in [0.4, 0.5) is 16.5 Å². The molecule has 3 N–H and O–H groups in total. The molecule has 0 spiro atoms. The van der Waals surface area contributed by atoms with Gasteiger partial charge in [-0.2, -0.15) is 0 Å². The Labute approximate surface area is 201 Å². The van der Waals surface area contributed by atoms with E-state index in [-0.39, 0.29) is 24.1 Å². The van der Waals surface area contributed by atoms with Crippen LogP contribution in [0.25, 0.3) is 0 Å². The van der Waals surface area contributed by atoms with Crippen molar-refractivity contribution >= 4 is 51.4 Å². The molecule has 8 nitrogen and oxygen atoms in total. The number of aryl methyl sites for hydroxylation is 3. The summed E-state index contributed by atoms with van der Waals surface area (Å²) in [6, 6.07) is 11.6. The molecule has 0 fully saturated rings. The fourth-order valence-corrected chi connectivity index (χ4v) is 4.80. The number of nitrogens with zero attached hydrogens (tertiary/aromatic N) is 2. The van der Waals surface area contributed by atoms with Gasteiger partial charge < -0.3 is 20.7 Å². The van der Waals surface area contributed by atoms with E-state index < -0.39 is 0 Å². The number of anilines is 3. The molecule has 0 saturated heterocycles. The van der Waals surface area contributed by atoms with Gasteiger partial charge in [-0.1, -0.05) is 52.9 Å². The Morgan fingerprint density at radius 2 is 1.79 bits per heavy atom. The van der Waals surface area contributed by atoms with Gasteiger partial charge in [-0.15, -0.1) is 10.2 Å². The zero-order chi connectivity index (χ0) is 23.8. The Kier molecular flexibility index (Phi) is 8.67. The highest BCUT2D eigenvalue weighted by Gasteiger charge is 2.12. The lowest BCUT2D eigenvalue weighted by molar-refractivity contribution is -0.122. The van der Waals surface area contributed by atoms with Gasteiger partial charge in [0.15, 0.2) is 4.34 Å². The van der Waals surface area contributed by atoms with E-state index in [0.717, 1.165) is 33.8 Å². The van der Waals surface area contributed by atoms with Crippen LogP contribution in [0.5, 0.6) is 5.75 Å². The standard InChI is InChI=1S/C23H27N5O3S2/c1-5-31-18-9-7-6-8-17(18)25-22-27-28-23(33-22)32-13-20(30)24-12-19(29)26-21-15(3)10-14(2)11-16(21)4/h6-11H,5,12-13H2,1-4H3,(H,24,30)(H,25,27)(H,26,29). The van der Waals surface area contributed by atoms with Crippen LogP contribution in [-0.2, 0) is 9.59 Å². The first kappa shape index (κ1) is 24.5. The van der Waals surface area contributed by atoms with E-state index in [4.69, 9.17) is 4.74 Å². The Bertz CT molecular complexity index is 1110. The highest BCUT2D eigenvalue weighted by molar-refractivity contribution is 8.01. The first-order valence-corrected chi connectivity index (χ1v) is 12.3. The van der Waals surface area contributed by atoms with Crippen molar-refractivity contribution in [2.75, 3.05) is 29.5 Å². The summed E-state index contributed by atoms with van der Waals surface area (Å²) in [5, 5.41) is 17.5. The number of carbonyl (C=O) groups is 2. The molecule has 0 radical (unpaired) electrons. The highest BCUT2D eigenvalue weighted by atomic mass is 32.2. The van der Waals surface area contributed by atoms with Crippen molar-refractivity contribution < 1.29 is 14.3 Å². The zero-order valence-corrected chi connectivity index (χ0v) is 20.7. The van der Waals surface area contributed by atoms with E-state index in [1.54, 1.807) is 0 Å². The first-order valence-electron chi connectivity index (χ1n) is 10.4. The lowest BCUT2D eigenvalue weighted by atomic mass is 10.1. The molecule has 0 atom stereocenters. The summed E-state index contributed by atoms with van der Waals surface area (Å²) >= 11 is 2.61. The molecule has 3 aromatic rings. The first-order chi connectivity index (χ1) is 15.9. The van der Waals surface area contributed by atoms with Gasteiger partial charge >= 0.3 is 0 Å². The van der Waals surface area contributed by atoms with Crippen LogP contribution >= 0.6 is 23.1 Å². The minimum atomic E-state index is -0.265. The monoisotopic (exact) mass is 485 g/mol. The SMILES string of the molecule is CCOc1ccccc1Nc1nnc(SCC(=O)NCC(=O)Nc2c(C)cc(C)cc2C)s1. The van der Waals surface area contributed by atoms with Crippen LogP contribution in [0.1, 0.15) is 23.6 Å². The maximum absolute atomic E-state index is 12.3. The van der Waals surface area contributed by atoms with Crippen LogP contribution in [0.3, 0.4) is 0 Å². The van der Waals surface area contributed by atoms with Crippen molar-refractivity contribution in [3.05, 3.63) is 53.1 Å². The maximum Gasteiger partial charge on any atom is 0.243 e. The van der Waals surface area contributed by atoms with Gasteiger partial charge in [0.1, 0.15) is 5.75 Å². The predicted octanol–water partition coefficient (Wildman–Crippen LogP) is 4.45. The van der Waals surface area contributed by atoms with E-state index >= 15 is 0 Å². The Balaban J connectivity index is 1.45. The molecule has 0 unspecified atom stereocenters. The van der Waals surface area contributed by atoms with Crippen LogP contribution < -0.4 is 20.7 Å². The van der Waals surface area contributed by atoms with E-state index in [1.165, 1.54) is 23.1 Å². The number of thioether (sulfide) groups is 1. The molecule has 0 aliphatic carbocycles. The number of nitrogens with one attached hydrogen (secondary N) is 3. The molecule has 0 bridgehead atoms. The minimum absolute atomic E-state index is 0.0940. The predicted molar refractivity (Wildman–Crippen MR) is 134 cm³/mol. The molecular weight excluding hydrogens is 458 g/mol. The molecule has 2 amide bonds. The molecule has 1 aromatic heterocycles. The quantitative estimate of drug-likeness (QED) is 0.364. The van der Waals surface area contributed by atoms with Crippen molar-refractivity contribution in [3.8, 4) is 5.75 Å². The van der Waals surface area contributed by atoms with Gasteiger partial charge in [0.2, 0.25) is 16.9 Å². The van der Waals surface area contributed by atoms with Gasteiger partial charge in [-0.05, 0) is 51.0 Å². The minimum Gasteiger partial charge on any atom is -0.492 e. The molecule has 2 aromatic carbocycles. The lowest BCUT2D eigenvalue weighted by Gasteiger charge is -2.13. The third kappa shape index (κ3) is 7.19. The highest BCUT2D eigenvalue weighted by Crippen LogP contribution is 2.31. The molecule has 0 aliphatic heterocycles. The number of aromatic nitrogens is 2. The number of para-hydroxylation sites is 2. The van der Waals surface area contributed by atoms with Crippen molar-refractivity contribution in [3.63, 3.8) is 0 Å². The third-order valence-corrected chi connectivity index (χ3v) is 6.52. The lowest BCUT2D eigenvalue weighted by Crippen LogP contribution is -2.34. The molecule has 0 saturated carbocycles. The Hall–Kier alpha value is -3.11. The summed E-state index contributed by atoms with van der Waals surface area (Å²) < 4.78 is 6.25. The van der Waals surface area contributed by atoms with Gasteiger partial charge in [-0.25, -0.2) is 0 Å². The van der Waals surface area contributed by atoms with Crippen LogP contribution in [0.2, 0.25) is 0 Å². The van der Waals surface area contributed by atoms with Gasteiger partial charge in [0.05, 0.1) is 24.6 Å². The number of amides is 2. The topological polar surface area (TPSA) is 105 Å². The van der Waals surface area contributed by atoms with Gasteiger partial charge in [-0.3, -0.25) is 9.59 Å². The molecule has 33 heavy (non-hydrogen) atoms. The summed E-state index contributed by atoms with van der Waals surface area (Å²) in [5.74, 6) is 0.357. The number of carbonyl (C=O) groups excluding carboxylic acids is 2. The van der Waals surface area contributed by atoms with Crippen LogP contribution in [-0.4, -0.2) is 40.9 Å². The summed E-state index contributed by atoms with van der Waals surface area (Å²) in [4.78, 5) is 24.4. The van der Waals surface area contributed by atoms with Crippen LogP contribution in [0, 0.1) is 20.8 Å². The van der Waals surface area contributed by atoms with E-state index in [9.17, 15) is 9.59 Å². The summed E-state index contributed by atoms with van der Waals surface area (Å²) in [5.41, 5.74) is 4.71. The Morgan fingerprint density at radius 3 is 2.52 bits per heavy atom. The number of benzene rings is 2. The van der Waals surface area contributed by atoms with Crippen molar-refractivity contribution in [1.29, 1.82) is 0 Å². The fourth-order valence-electron chi connectivity index (χ4n) is 3.20. The largest absolute Gasteiger partial charge is 0.492 e. The third-order valence-electron chi connectivity index (χ3n) is 4.55. The molecule has 3 rings (SSSR count). The zero-order valence-electron chi connectivity index (χ0n) is 19.0. The summed E-state index contributed by atoms with van der Waals surface area (Å²) in [6.07, 6.45) is 0. The second-order valence-corrected chi connectivity index (χ2v) is 9.51. The number of hydrogen-bond acceptors (Lipinski definition) is 8. The van der Waals surface area contributed by atoms with E-state index in [1.807, 2.05) is 64.1 Å². The summed E-state index contributed by atoms with van der Waals surface area (Å²) in [7, 11) is 0. The van der Waals surface area contributed by atoms with Gasteiger partial charge in [0.25, 0.3) is 0 Å². The normalized spacial score (nSPS) is 10.5.